The summed E-state index contributed by atoms with van der Waals surface area (Å²) >= 11 is 5.96. The van der Waals surface area contributed by atoms with Crippen molar-refractivity contribution in [1.82, 2.24) is 9.47 Å². The van der Waals surface area contributed by atoms with Gasteiger partial charge in [0.2, 0.25) is 0 Å². The number of fused-ring (bicyclic) bond motifs is 1. The van der Waals surface area contributed by atoms with Crippen LogP contribution in [-0.4, -0.2) is 35.9 Å². The van der Waals surface area contributed by atoms with Gasteiger partial charge in [-0.3, -0.25) is 9.36 Å². The zero-order valence-corrected chi connectivity index (χ0v) is 17.0. The maximum Gasteiger partial charge on any atom is 0.420 e. The highest BCUT2D eigenvalue weighted by atomic mass is 35.5. The molecule has 0 aliphatic heterocycles. The van der Waals surface area contributed by atoms with Crippen molar-refractivity contribution in [3.05, 3.63) is 69.2 Å². The summed E-state index contributed by atoms with van der Waals surface area (Å²) in [5, 5.41) is 0.527. The Hall–Kier alpha value is -2.37. The number of ketones is 1. The molecule has 28 heavy (non-hydrogen) atoms. The Morgan fingerprint density at radius 2 is 1.89 bits per heavy atom. The molecule has 0 radical (unpaired) electrons. The number of Topliss-reactive ketones (excluding diaryl/α,β-unsaturated/α-hetero) is 1. The number of benzene rings is 2. The molecule has 0 saturated heterocycles. The van der Waals surface area contributed by atoms with Crippen molar-refractivity contribution in [1.29, 1.82) is 0 Å². The van der Waals surface area contributed by atoms with E-state index in [1.54, 1.807) is 22.8 Å². The number of carbonyl (C=O) groups is 1. The number of rotatable bonds is 9. The number of carbonyl (C=O) groups excluding carboxylic acids is 1. The fourth-order valence-electron chi connectivity index (χ4n) is 3.28. The lowest BCUT2D eigenvalue weighted by Crippen LogP contribution is -2.15. The van der Waals surface area contributed by atoms with Gasteiger partial charge in [0.1, 0.15) is 5.78 Å². The molecular weight excluding hydrogens is 376 g/mol. The van der Waals surface area contributed by atoms with Crippen molar-refractivity contribution in [2.45, 2.75) is 32.2 Å². The first-order valence-corrected chi connectivity index (χ1v) is 9.83. The average molecular weight is 401 g/mol. The first kappa shape index (κ1) is 20.4. The molecule has 3 aromatic rings. The number of hydrogen-bond donors (Lipinski definition) is 0. The molecule has 1 aromatic heterocycles. The van der Waals surface area contributed by atoms with Gasteiger partial charge in [0.05, 0.1) is 12.1 Å². The van der Waals surface area contributed by atoms with Crippen molar-refractivity contribution >= 4 is 28.5 Å². The molecule has 0 bridgehead atoms. The quantitative estimate of drug-likeness (QED) is 0.506. The van der Waals surface area contributed by atoms with Crippen molar-refractivity contribution in [2.24, 2.45) is 0 Å². The Labute approximate surface area is 169 Å². The van der Waals surface area contributed by atoms with E-state index >= 15 is 0 Å². The molecule has 1 heterocycles. The first-order valence-electron chi connectivity index (χ1n) is 9.45. The third kappa shape index (κ3) is 5.33. The third-order valence-electron chi connectivity index (χ3n) is 4.67. The maximum atomic E-state index is 12.2. The summed E-state index contributed by atoms with van der Waals surface area (Å²) in [5.74, 6) is -0.170. The van der Waals surface area contributed by atoms with Gasteiger partial charge in [-0.2, -0.15) is 0 Å². The Morgan fingerprint density at radius 3 is 2.68 bits per heavy atom. The van der Waals surface area contributed by atoms with Gasteiger partial charge in [-0.15, -0.1) is 0 Å². The summed E-state index contributed by atoms with van der Waals surface area (Å²) in [6.07, 6.45) is 2.96. The number of oxazole rings is 1. The number of unbranched alkanes of at least 4 members (excludes halogenated alkanes) is 1. The monoisotopic (exact) mass is 400 g/mol. The highest BCUT2D eigenvalue weighted by molar-refractivity contribution is 6.31. The van der Waals surface area contributed by atoms with Crippen LogP contribution in [0.15, 0.2) is 51.7 Å². The zero-order valence-electron chi connectivity index (χ0n) is 16.3. The molecule has 0 N–H and O–H groups in total. The fraction of sp³-hybridized carbons (Fsp3) is 0.364. The number of halogens is 1. The van der Waals surface area contributed by atoms with Gasteiger partial charge in [-0.05, 0) is 56.7 Å². The Balaban J connectivity index is 1.66. The van der Waals surface area contributed by atoms with E-state index in [9.17, 15) is 9.59 Å². The summed E-state index contributed by atoms with van der Waals surface area (Å²) < 4.78 is 6.86. The van der Waals surface area contributed by atoms with Gasteiger partial charge >= 0.3 is 5.76 Å². The Bertz CT molecular complexity index is 1020. The Kier molecular flexibility index (Phi) is 6.70. The van der Waals surface area contributed by atoms with Crippen LogP contribution < -0.4 is 5.76 Å². The lowest BCUT2D eigenvalue weighted by atomic mass is 10.0. The molecule has 0 atom stereocenters. The van der Waals surface area contributed by atoms with Gasteiger partial charge in [-0.25, -0.2) is 4.79 Å². The molecule has 148 valence electrons. The summed E-state index contributed by atoms with van der Waals surface area (Å²) in [4.78, 5) is 26.6. The van der Waals surface area contributed by atoms with Crippen LogP contribution in [0.2, 0.25) is 5.02 Å². The van der Waals surface area contributed by atoms with Gasteiger partial charge < -0.3 is 9.32 Å². The predicted octanol–water partition coefficient (Wildman–Crippen LogP) is 4.14. The van der Waals surface area contributed by atoms with Crippen LogP contribution in [0.25, 0.3) is 11.1 Å². The average Bonchev–Trinajstić information content (AvgIpc) is 2.93. The molecule has 0 saturated carbocycles. The normalized spacial score (nSPS) is 11.4. The van der Waals surface area contributed by atoms with E-state index in [1.807, 2.05) is 38.4 Å². The van der Waals surface area contributed by atoms with Crippen LogP contribution in [-0.2, 0) is 17.8 Å². The SMILES string of the molecule is CN(C)CCCCC(=O)Cc1cccc(Cn2c(=O)oc3cc(Cl)ccc32)c1. The molecule has 0 amide bonds. The van der Waals surface area contributed by atoms with Crippen LogP contribution in [0.1, 0.15) is 30.4 Å². The van der Waals surface area contributed by atoms with E-state index in [0.29, 0.717) is 35.5 Å². The number of aromatic nitrogens is 1. The van der Waals surface area contributed by atoms with Crippen LogP contribution in [0, 0.1) is 0 Å². The second-order valence-corrected chi connectivity index (χ2v) is 7.80. The minimum Gasteiger partial charge on any atom is -0.408 e. The summed E-state index contributed by atoms with van der Waals surface area (Å²) in [6.45, 7) is 1.39. The molecule has 2 aromatic carbocycles. The molecular formula is C22H25ClN2O3. The molecule has 3 rings (SSSR count). The topological polar surface area (TPSA) is 55.5 Å². The van der Waals surface area contributed by atoms with Crippen molar-refractivity contribution < 1.29 is 9.21 Å². The van der Waals surface area contributed by atoms with E-state index in [4.69, 9.17) is 16.0 Å². The van der Waals surface area contributed by atoms with E-state index in [2.05, 4.69) is 4.90 Å². The molecule has 0 aliphatic rings. The minimum atomic E-state index is -0.417. The zero-order chi connectivity index (χ0) is 20.1. The fourth-order valence-corrected chi connectivity index (χ4v) is 3.44. The third-order valence-corrected chi connectivity index (χ3v) is 4.91. The van der Waals surface area contributed by atoms with Crippen molar-refractivity contribution in [3.8, 4) is 0 Å². The predicted molar refractivity (Wildman–Crippen MR) is 112 cm³/mol. The van der Waals surface area contributed by atoms with Gasteiger partial charge in [0.15, 0.2) is 5.58 Å². The first-order chi connectivity index (χ1) is 13.4. The molecule has 0 spiro atoms. The molecule has 6 heteroatoms. The van der Waals surface area contributed by atoms with Crippen molar-refractivity contribution in [2.75, 3.05) is 20.6 Å². The molecule has 0 fully saturated rings. The maximum absolute atomic E-state index is 12.2. The second kappa shape index (κ2) is 9.22. The van der Waals surface area contributed by atoms with Crippen LogP contribution in [0.3, 0.4) is 0 Å². The van der Waals surface area contributed by atoms with Crippen LogP contribution in [0.4, 0.5) is 0 Å². The summed E-state index contributed by atoms with van der Waals surface area (Å²) in [7, 11) is 4.08. The van der Waals surface area contributed by atoms with E-state index in [1.165, 1.54) is 0 Å². The smallest absolute Gasteiger partial charge is 0.408 e. The van der Waals surface area contributed by atoms with Gasteiger partial charge in [0, 0.05) is 23.9 Å². The molecule has 0 aliphatic carbocycles. The van der Waals surface area contributed by atoms with E-state index in [-0.39, 0.29) is 5.78 Å². The summed E-state index contributed by atoms with van der Waals surface area (Å²) in [6, 6.07) is 13.0. The van der Waals surface area contributed by atoms with Gasteiger partial charge in [-0.1, -0.05) is 35.9 Å². The van der Waals surface area contributed by atoms with Crippen LogP contribution >= 0.6 is 11.6 Å². The standard InChI is InChI=1S/C22H25ClN2O3/c1-24(2)11-4-3-8-19(26)13-16-6-5-7-17(12-16)15-25-20-10-9-18(23)14-21(20)28-22(25)27/h5-7,9-10,12,14H,3-4,8,11,13,15H2,1-2H3. The van der Waals surface area contributed by atoms with Crippen molar-refractivity contribution in [3.63, 3.8) is 0 Å². The largest absolute Gasteiger partial charge is 0.420 e. The second-order valence-electron chi connectivity index (χ2n) is 7.36. The lowest BCUT2D eigenvalue weighted by molar-refractivity contribution is -0.118. The highest BCUT2D eigenvalue weighted by Crippen LogP contribution is 2.19. The van der Waals surface area contributed by atoms with E-state index < -0.39 is 5.76 Å². The number of nitrogens with zero attached hydrogens (tertiary/aromatic N) is 2. The number of hydrogen-bond acceptors (Lipinski definition) is 4. The van der Waals surface area contributed by atoms with E-state index in [0.717, 1.165) is 30.5 Å². The van der Waals surface area contributed by atoms with Gasteiger partial charge in [0.25, 0.3) is 0 Å². The molecule has 0 unspecified atom stereocenters. The molecule has 5 nitrogen and oxygen atoms in total. The highest BCUT2D eigenvalue weighted by Gasteiger charge is 2.11. The van der Waals surface area contributed by atoms with Crippen LogP contribution in [0.5, 0.6) is 0 Å². The minimum absolute atomic E-state index is 0.247. The summed E-state index contributed by atoms with van der Waals surface area (Å²) in [5.41, 5.74) is 3.11. The lowest BCUT2D eigenvalue weighted by Gasteiger charge is -2.09. The Morgan fingerprint density at radius 1 is 1.11 bits per heavy atom.